The van der Waals surface area contributed by atoms with Crippen molar-refractivity contribution in [2.45, 2.75) is 18.9 Å². The van der Waals surface area contributed by atoms with Crippen LogP contribution < -0.4 is 10.9 Å². The number of methoxy groups -OCH3 is 1. The second kappa shape index (κ2) is 5.34. The van der Waals surface area contributed by atoms with Gasteiger partial charge in [-0.2, -0.15) is 0 Å². The molecule has 1 aromatic carbocycles. The van der Waals surface area contributed by atoms with Crippen molar-refractivity contribution in [2.24, 2.45) is 4.99 Å². The second-order valence-electron chi connectivity index (χ2n) is 3.78. The van der Waals surface area contributed by atoms with Crippen LogP contribution in [-0.2, 0) is 4.74 Å². The predicted molar refractivity (Wildman–Crippen MR) is 64.5 cm³/mol. The van der Waals surface area contributed by atoms with E-state index >= 15 is 0 Å². The summed E-state index contributed by atoms with van der Waals surface area (Å²) in [5, 5.41) is 0. The van der Waals surface area contributed by atoms with E-state index in [0.29, 0.717) is 0 Å². The average Bonchev–Trinajstić information content (AvgIpc) is 2.86. The summed E-state index contributed by atoms with van der Waals surface area (Å²) in [6.07, 6.45) is 1.26. The maximum atomic E-state index is 10.9. The highest BCUT2D eigenvalue weighted by atomic mass is 16.5. The van der Waals surface area contributed by atoms with E-state index in [1.165, 1.54) is 12.7 Å². The zero-order valence-corrected chi connectivity index (χ0v) is 9.64. The van der Waals surface area contributed by atoms with Gasteiger partial charge in [0.1, 0.15) is 5.84 Å². The molecule has 1 heterocycles. The van der Waals surface area contributed by atoms with Crippen LogP contribution in [0.5, 0.6) is 0 Å². The van der Waals surface area contributed by atoms with Gasteiger partial charge in [0, 0.05) is 6.42 Å². The number of hydrogen-bond donors (Lipinski definition) is 2. The lowest BCUT2D eigenvalue weighted by Crippen LogP contribution is -2.40. The lowest BCUT2D eigenvalue weighted by molar-refractivity contribution is 0.168. The minimum Gasteiger partial charge on any atom is -0.452 e. The van der Waals surface area contributed by atoms with Crippen molar-refractivity contribution in [2.75, 3.05) is 7.11 Å². The number of hydrazine groups is 1. The lowest BCUT2D eigenvalue weighted by atomic mass is 10.1. The molecule has 1 aliphatic heterocycles. The highest BCUT2D eigenvalue weighted by Crippen LogP contribution is 2.27. The van der Waals surface area contributed by atoms with E-state index in [9.17, 15) is 4.79 Å². The van der Waals surface area contributed by atoms with Gasteiger partial charge >= 0.3 is 6.09 Å². The van der Waals surface area contributed by atoms with E-state index < -0.39 is 6.09 Å². The van der Waals surface area contributed by atoms with Crippen LogP contribution in [-0.4, -0.2) is 19.0 Å². The highest BCUT2D eigenvalue weighted by Gasteiger charge is 2.18. The number of hydrogen-bond acceptors (Lipinski definition) is 4. The first-order chi connectivity index (χ1) is 8.29. The van der Waals surface area contributed by atoms with Gasteiger partial charge in [0.05, 0.1) is 13.2 Å². The summed E-state index contributed by atoms with van der Waals surface area (Å²) in [6.45, 7) is 0. The summed E-state index contributed by atoms with van der Waals surface area (Å²) in [5.41, 5.74) is 6.36. The molecule has 2 rings (SSSR count). The Labute approximate surface area is 99.9 Å². The number of amidine groups is 1. The van der Waals surface area contributed by atoms with E-state index in [-0.39, 0.29) is 6.04 Å². The van der Waals surface area contributed by atoms with Crippen LogP contribution >= 0.6 is 0 Å². The molecule has 5 nitrogen and oxygen atoms in total. The van der Waals surface area contributed by atoms with Crippen molar-refractivity contribution in [1.82, 2.24) is 10.9 Å². The van der Waals surface area contributed by atoms with Gasteiger partial charge < -0.3 is 4.74 Å². The molecule has 0 radical (unpaired) electrons. The largest absolute Gasteiger partial charge is 0.452 e. The Balaban J connectivity index is 1.93. The number of benzene rings is 1. The summed E-state index contributed by atoms with van der Waals surface area (Å²) < 4.78 is 4.45. The van der Waals surface area contributed by atoms with Crippen LogP contribution in [0.15, 0.2) is 35.3 Å². The molecule has 0 fully saturated rings. The summed E-state index contributed by atoms with van der Waals surface area (Å²) in [4.78, 5) is 15.4. The first kappa shape index (κ1) is 11.4. The third-order valence-corrected chi connectivity index (χ3v) is 2.64. The zero-order chi connectivity index (χ0) is 12.1. The SMILES string of the molecule is COC(=O)NNC1=NC(c2ccccc2)CC1. The first-order valence-electron chi connectivity index (χ1n) is 5.51. The zero-order valence-electron chi connectivity index (χ0n) is 9.64. The number of nitrogens with zero attached hydrogens (tertiary/aromatic N) is 1. The number of rotatable bonds is 1. The first-order valence-corrected chi connectivity index (χ1v) is 5.51. The molecule has 0 aromatic heterocycles. The molecular formula is C12H15N3O2. The third-order valence-electron chi connectivity index (χ3n) is 2.64. The summed E-state index contributed by atoms with van der Waals surface area (Å²) in [6, 6.07) is 10.3. The Hall–Kier alpha value is -2.04. The molecule has 2 N–H and O–H groups in total. The van der Waals surface area contributed by atoms with Gasteiger partial charge in [0.25, 0.3) is 0 Å². The van der Waals surface area contributed by atoms with Crippen molar-refractivity contribution in [3.63, 3.8) is 0 Å². The van der Waals surface area contributed by atoms with Crippen LogP contribution in [0.4, 0.5) is 4.79 Å². The number of aliphatic imine (C=N–C) groups is 1. The number of ether oxygens (including phenoxy) is 1. The minimum absolute atomic E-state index is 0.179. The molecule has 1 aromatic rings. The molecule has 0 bridgehead atoms. The smallest absolute Gasteiger partial charge is 0.425 e. The van der Waals surface area contributed by atoms with Crippen molar-refractivity contribution < 1.29 is 9.53 Å². The normalized spacial score (nSPS) is 18.4. The van der Waals surface area contributed by atoms with Gasteiger partial charge in [-0.05, 0) is 12.0 Å². The van der Waals surface area contributed by atoms with Gasteiger partial charge in [-0.3, -0.25) is 10.4 Å². The topological polar surface area (TPSA) is 62.7 Å². The van der Waals surface area contributed by atoms with Crippen LogP contribution in [0.1, 0.15) is 24.4 Å². The molecule has 0 aliphatic carbocycles. The fourth-order valence-corrected chi connectivity index (χ4v) is 1.78. The van der Waals surface area contributed by atoms with Crippen LogP contribution in [0.2, 0.25) is 0 Å². The fraction of sp³-hybridized carbons (Fsp3) is 0.333. The van der Waals surface area contributed by atoms with Gasteiger partial charge in [-0.15, -0.1) is 0 Å². The number of nitrogens with one attached hydrogen (secondary N) is 2. The molecule has 90 valence electrons. The summed E-state index contributed by atoms with van der Waals surface area (Å²) >= 11 is 0. The van der Waals surface area contributed by atoms with E-state index in [1.807, 2.05) is 18.2 Å². The molecule has 1 atom stereocenters. The highest BCUT2D eigenvalue weighted by molar-refractivity contribution is 5.85. The molecule has 0 saturated carbocycles. The second-order valence-corrected chi connectivity index (χ2v) is 3.78. The Bertz CT molecular complexity index is 417. The van der Waals surface area contributed by atoms with Gasteiger partial charge in [0.15, 0.2) is 0 Å². The van der Waals surface area contributed by atoms with Crippen LogP contribution in [0, 0.1) is 0 Å². The van der Waals surface area contributed by atoms with Crippen molar-refractivity contribution in [3.8, 4) is 0 Å². The summed E-state index contributed by atoms with van der Waals surface area (Å²) in [5.74, 6) is 0.782. The molecule has 1 amide bonds. The molecule has 17 heavy (non-hydrogen) atoms. The molecule has 1 aliphatic rings. The average molecular weight is 233 g/mol. The molecule has 5 heteroatoms. The molecule has 0 spiro atoms. The Morgan fingerprint density at radius 1 is 1.41 bits per heavy atom. The van der Waals surface area contributed by atoms with Crippen molar-refractivity contribution >= 4 is 11.9 Å². The summed E-state index contributed by atoms with van der Waals surface area (Å²) in [7, 11) is 1.32. The van der Waals surface area contributed by atoms with Gasteiger partial charge in [-0.25, -0.2) is 10.2 Å². The monoisotopic (exact) mass is 233 g/mol. The van der Waals surface area contributed by atoms with Crippen molar-refractivity contribution in [3.05, 3.63) is 35.9 Å². The fourth-order valence-electron chi connectivity index (χ4n) is 1.78. The number of carbonyl (C=O) groups is 1. The maximum absolute atomic E-state index is 10.9. The minimum atomic E-state index is -0.518. The quantitative estimate of drug-likeness (QED) is 0.727. The van der Waals surface area contributed by atoms with E-state index in [1.54, 1.807) is 0 Å². The standard InChI is InChI=1S/C12H15N3O2/c1-17-12(16)15-14-11-8-7-10(13-11)9-5-3-2-4-6-9/h2-6,10H,7-8H2,1H3,(H,13,14)(H,15,16). The Morgan fingerprint density at radius 2 is 2.18 bits per heavy atom. The van der Waals surface area contributed by atoms with Gasteiger partial charge in [-0.1, -0.05) is 30.3 Å². The Kier molecular flexibility index (Phi) is 3.59. The lowest BCUT2D eigenvalue weighted by Gasteiger charge is -2.06. The molecule has 0 saturated heterocycles. The predicted octanol–water partition coefficient (Wildman–Crippen LogP) is 1.78. The van der Waals surface area contributed by atoms with Gasteiger partial charge in [0.2, 0.25) is 0 Å². The van der Waals surface area contributed by atoms with E-state index in [0.717, 1.165) is 18.7 Å². The molecular weight excluding hydrogens is 218 g/mol. The Morgan fingerprint density at radius 3 is 2.88 bits per heavy atom. The van der Waals surface area contributed by atoms with E-state index in [4.69, 9.17) is 0 Å². The van der Waals surface area contributed by atoms with Crippen LogP contribution in [0.3, 0.4) is 0 Å². The van der Waals surface area contributed by atoms with E-state index in [2.05, 4.69) is 32.7 Å². The van der Waals surface area contributed by atoms with Crippen molar-refractivity contribution in [1.29, 1.82) is 0 Å². The number of amides is 1. The third kappa shape index (κ3) is 2.96. The van der Waals surface area contributed by atoms with Crippen LogP contribution in [0.25, 0.3) is 0 Å². The molecule has 1 unspecified atom stereocenters. The number of carbonyl (C=O) groups excluding carboxylic acids is 1. The maximum Gasteiger partial charge on any atom is 0.425 e.